The molecule has 2 heterocycles. The molecule has 0 fully saturated rings. The molecule has 0 unspecified atom stereocenters. The minimum atomic E-state index is -1.02. The van der Waals surface area contributed by atoms with Crippen LogP contribution in [0.25, 0.3) is 5.57 Å². The second-order valence-electron chi connectivity index (χ2n) is 2.94. The molecule has 0 aromatic carbocycles. The van der Waals surface area contributed by atoms with E-state index in [-0.39, 0.29) is 0 Å². The topological polar surface area (TPSA) is 24.9 Å². The number of halogens is 2. The lowest BCUT2D eigenvalue weighted by molar-refractivity contribution is 0.835. The Morgan fingerprint density at radius 1 is 1.21 bits per heavy atom. The summed E-state index contributed by atoms with van der Waals surface area (Å²) in [5.74, 6) is 0. The van der Waals surface area contributed by atoms with E-state index in [1.165, 1.54) is 0 Å². The predicted octanol–water partition coefficient (Wildman–Crippen LogP) is 2.71. The van der Waals surface area contributed by atoms with Gasteiger partial charge in [0.25, 0.3) is 0 Å². The first kappa shape index (κ1) is 9.56. The molecule has 72 valence electrons. The molecule has 0 radical (unpaired) electrons. The molecule has 1 N–H and O–H groups in total. The van der Waals surface area contributed by atoms with Crippen LogP contribution in [-0.2, 0) is 0 Å². The van der Waals surface area contributed by atoms with E-state index < -0.39 is 4.46 Å². The molecule has 1 aromatic rings. The van der Waals surface area contributed by atoms with Crippen LogP contribution in [0.5, 0.6) is 0 Å². The molecular weight excluding hydrogens is 219 g/mol. The van der Waals surface area contributed by atoms with E-state index in [0.29, 0.717) is 0 Å². The van der Waals surface area contributed by atoms with Crippen molar-refractivity contribution in [3.8, 4) is 0 Å². The molecule has 0 aliphatic carbocycles. The van der Waals surface area contributed by atoms with Crippen LogP contribution in [0.4, 0.5) is 0 Å². The Labute approximate surface area is 92.2 Å². The highest BCUT2D eigenvalue weighted by Gasteiger charge is 2.21. The van der Waals surface area contributed by atoms with Gasteiger partial charge in [-0.3, -0.25) is 4.98 Å². The molecule has 0 amide bonds. The average Bonchev–Trinajstić information content (AvgIpc) is 2.18. The monoisotopic (exact) mass is 226 g/mol. The Hall–Kier alpha value is -0.990. The number of aromatic nitrogens is 1. The highest BCUT2D eigenvalue weighted by Crippen LogP contribution is 2.28. The molecule has 1 aliphatic heterocycles. The highest BCUT2D eigenvalue weighted by molar-refractivity contribution is 6.50. The Bertz CT molecular complexity index is 382. The summed E-state index contributed by atoms with van der Waals surface area (Å²) >= 11 is 11.9. The van der Waals surface area contributed by atoms with Crippen molar-refractivity contribution >= 4 is 28.8 Å². The first-order valence-electron chi connectivity index (χ1n) is 4.13. The lowest BCUT2D eigenvalue weighted by Gasteiger charge is -2.21. The molecular formula is C10H8Cl2N2. The Morgan fingerprint density at radius 2 is 1.93 bits per heavy atom. The molecule has 0 bridgehead atoms. The number of nitrogens with zero attached hydrogens (tertiary/aromatic N) is 1. The van der Waals surface area contributed by atoms with Gasteiger partial charge in [-0.1, -0.05) is 23.2 Å². The maximum absolute atomic E-state index is 5.93. The van der Waals surface area contributed by atoms with Crippen molar-refractivity contribution in [1.82, 2.24) is 10.3 Å². The first-order chi connectivity index (χ1) is 6.67. The SMILES string of the molecule is ClC1(Cl)C=C(c2ccncc2)C=CN1. The van der Waals surface area contributed by atoms with E-state index in [0.717, 1.165) is 11.1 Å². The third-order valence-electron chi connectivity index (χ3n) is 1.89. The van der Waals surface area contributed by atoms with Gasteiger partial charge in [-0.05, 0) is 41.6 Å². The molecule has 0 spiro atoms. The summed E-state index contributed by atoms with van der Waals surface area (Å²) in [6.45, 7) is 0. The summed E-state index contributed by atoms with van der Waals surface area (Å²) in [6.07, 6.45) is 8.87. The molecule has 1 aliphatic rings. The number of pyridine rings is 1. The van der Waals surface area contributed by atoms with E-state index in [4.69, 9.17) is 23.2 Å². The zero-order valence-corrected chi connectivity index (χ0v) is 8.76. The Morgan fingerprint density at radius 3 is 2.57 bits per heavy atom. The summed E-state index contributed by atoms with van der Waals surface area (Å²) in [6, 6.07) is 3.82. The Kier molecular flexibility index (Phi) is 2.48. The van der Waals surface area contributed by atoms with Crippen molar-refractivity contribution in [3.63, 3.8) is 0 Å². The van der Waals surface area contributed by atoms with Crippen LogP contribution in [-0.4, -0.2) is 9.44 Å². The quantitative estimate of drug-likeness (QED) is 0.589. The fourth-order valence-corrected chi connectivity index (χ4v) is 1.61. The molecule has 4 heteroatoms. The fraction of sp³-hybridized carbons (Fsp3) is 0.100. The smallest absolute Gasteiger partial charge is 0.207 e. The van der Waals surface area contributed by atoms with Gasteiger partial charge in [0.15, 0.2) is 0 Å². The minimum absolute atomic E-state index is 0.983. The van der Waals surface area contributed by atoms with E-state index in [1.807, 2.05) is 18.2 Å². The molecule has 0 saturated heterocycles. The largest absolute Gasteiger partial charge is 0.357 e. The van der Waals surface area contributed by atoms with Gasteiger partial charge in [-0.15, -0.1) is 0 Å². The summed E-state index contributed by atoms with van der Waals surface area (Å²) in [7, 11) is 0. The van der Waals surface area contributed by atoms with Gasteiger partial charge in [0.2, 0.25) is 4.46 Å². The third kappa shape index (κ3) is 2.08. The van der Waals surface area contributed by atoms with Crippen molar-refractivity contribution in [2.24, 2.45) is 0 Å². The van der Waals surface area contributed by atoms with Crippen LogP contribution in [0.3, 0.4) is 0 Å². The average molecular weight is 227 g/mol. The van der Waals surface area contributed by atoms with E-state index >= 15 is 0 Å². The molecule has 0 atom stereocenters. The van der Waals surface area contributed by atoms with Crippen LogP contribution in [0.15, 0.2) is 42.9 Å². The number of allylic oxidation sites excluding steroid dienone is 2. The Balaban J connectivity index is 2.36. The number of hydrogen-bond acceptors (Lipinski definition) is 2. The van der Waals surface area contributed by atoms with Crippen LogP contribution in [0, 0.1) is 0 Å². The van der Waals surface area contributed by atoms with Gasteiger partial charge in [0.1, 0.15) is 0 Å². The maximum Gasteiger partial charge on any atom is 0.207 e. The zero-order chi connectivity index (χ0) is 10.0. The van der Waals surface area contributed by atoms with Gasteiger partial charge in [-0.2, -0.15) is 0 Å². The van der Waals surface area contributed by atoms with Gasteiger partial charge < -0.3 is 5.32 Å². The number of alkyl halides is 2. The zero-order valence-electron chi connectivity index (χ0n) is 7.24. The number of dihydropyridines is 1. The molecule has 2 rings (SSSR count). The summed E-state index contributed by atoms with van der Waals surface area (Å²) in [4.78, 5) is 3.94. The van der Waals surface area contributed by atoms with Crippen molar-refractivity contribution < 1.29 is 0 Å². The van der Waals surface area contributed by atoms with Crippen LogP contribution in [0.2, 0.25) is 0 Å². The normalized spacial score (nSPS) is 18.6. The van der Waals surface area contributed by atoms with Crippen molar-refractivity contribution in [2.75, 3.05) is 0 Å². The van der Waals surface area contributed by atoms with Crippen LogP contribution in [0.1, 0.15) is 5.56 Å². The molecule has 0 saturated carbocycles. The third-order valence-corrected chi connectivity index (χ3v) is 2.33. The van der Waals surface area contributed by atoms with Gasteiger partial charge in [0, 0.05) is 12.4 Å². The van der Waals surface area contributed by atoms with Gasteiger partial charge in [0.05, 0.1) is 0 Å². The lowest BCUT2D eigenvalue weighted by atomic mass is 10.1. The fourth-order valence-electron chi connectivity index (χ4n) is 1.25. The van der Waals surface area contributed by atoms with Crippen LogP contribution < -0.4 is 5.32 Å². The first-order valence-corrected chi connectivity index (χ1v) is 4.88. The summed E-state index contributed by atoms with van der Waals surface area (Å²) in [5, 5.41) is 2.82. The standard InChI is InChI=1S/C10H8Cl2N2/c11-10(12)7-9(3-6-14-10)8-1-4-13-5-2-8/h1-7,14H. The van der Waals surface area contributed by atoms with Crippen molar-refractivity contribution in [2.45, 2.75) is 4.46 Å². The second-order valence-corrected chi connectivity index (χ2v) is 4.32. The molecule has 14 heavy (non-hydrogen) atoms. The van der Waals surface area contributed by atoms with Gasteiger partial charge in [-0.25, -0.2) is 0 Å². The maximum atomic E-state index is 5.93. The predicted molar refractivity (Wildman–Crippen MR) is 58.9 cm³/mol. The lowest BCUT2D eigenvalue weighted by Crippen LogP contribution is -2.29. The van der Waals surface area contributed by atoms with Crippen LogP contribution >= 0.6 is 23.2 Å². The van der Waals surface area contributed by atoms with Crippen molar-refractivity contribution in [1.29, 1.82) is 0 Å². The molecule has 2 nitrogen and oxygen atoms in total. The number of rotatable bonds is 1. The van der Waals surface area contributed by atoms with Gasteiger partial charge >= 0.3 is 0 Å². The number of hydrogen-bond donors (Lipinski definition) is 1. The van der Waals surface area contributed by atoms with Crippen molar-refractivity contribution in [3.05, 3.63) is 48.4 Å². The number of nitrogens with one attached hydrogen (secondary N) is 1. The van der Waals surface area contributed by atoms with E-state index in [2.05, 4.69) is 10.3 Å². The van der Waals surface area contributed by atoms with E-state index in [1.54, 1.807) is 24.7 Å². The summed E-state index contributed by atoms with van der Waals surface area (Å²) < 4.78 is -1.02. The second kappa shape index (κ2) is 3.64. The highest BCUT2D eigenvalue weighted by atomic mass is 35.5. The van der Waals surface area contributed by atoms with E-state index in [9.17, 15) is 0 Å². The minimum Gasteiger partial charge on any atom is -0.357 e. The summed E-state index contributed by atoms with van der Waals surface area (Å²) in [5.41, 5.74) is 2.03. The molecule has 1 aromatic heterocycles.